The van der Waals surface area contributed by atoms with Gasteiger partial charge in [0.25, 0.3) is 0 Å². The van der Waals surface area contributed by atoms with Crippen molar-refractivity contribution in [3.05, 3.63) is 35.9 Å². The van der Waals surface area contributed by atoms with Crippen LogP contribution in [0.2, 0.25) is 0 Å². The SMILES string of the molecule is CCCCCCCCCCN(CC(=O)c1ccccc1)C(=O)CCCCC. The van der Waals surface area contributed by atoms with Gasteiger partial charge in [-0.3, -0.25) is 9.59 Å². The zero-order valence-electron chi connectivity index (χ0n) is 17.5. The third kappa shape index (κ3) is 10.9. The summed E-state index contributed by atoms with van der Waals surface area (Å²) in [6, 6.07) is 9.32. The van der Waals surface area contributed by atoms with Crippen molar-refractivity contribution in [2.45, 2.75) is 90.9 Å². The van der Waals surface area contributed by atoms with Crippen LogP contribution in [0.25, 0.3) is 0 Å². The first kappa shape index (κ1) is 23.4. The van der Waals surface area contributed by atoms with Crippen molar-refractivity contribution in [1.82, 2.24) is 4.90 Å². The maximum atomic E-state index is 12.6. The number of Topliss-reactive ketones (excluding diaryl/α,β-unsaturated/α-hetero) is 1. The van der Waals surface area contributed by atoms with Crippen LogP contribution in [-0.2, 0) is 4.79 Å². The molecule has 0 spiro atoms. The predicted molar refractivity (Wildman–Crippen MR) is 114 cm³/mol. The molecule has 0 unspecified atom stereocenters. The Bertz CT molecular complexity index is 512. The average molecular weight is 374 g/mol. The van der Waals surface area contributed by atoms with Crippen LogP contribution in [0.4, 0.5) is 0 Å². The number of carbonyl (C=O) groups is 2. The van der Waals surface area contributed by atoms with Gasteiger partial charge in [0.15, 0.2) is 5.78 Å². The smallest absolute Gasteiger partial charge is 0.222 e. The van der Waals surface area contributed by atoms with Gasteiger partial charge in [-0.1, -0.05) is 102 Å². The number of benzene rings is 1. The molecule has 3 heteroatoms. The Hall–Kier alpha value is -1.64. The summed E-state index contributed by atoms with van der Waals surface area (Å²) in [4.78, 5) is 26.9. The molecule has 0 bridgehead atoms. The van der Waals surface area contributed by atoms with Gasteiger partial charge in [-0.25, -0.2) is 0 Å². The lowest BCUT2D eigenvalue weighted by atomic mass is 10.1. The molecule has 0 aliphatic carbocycles. The highest BCUT2D eigenvalue weighted by molar-refractivity contribution is 5.99. The number of amides is 1. The first-order chi connectivity index (χ1) is 13.2. The first-order valence-electron chi connectivity index (χ1n) is 11.0. The maximum Gasteiger partial charge on any atom is 0.222 e. The highest BCUT2D eigenvalue weighted by atomic mass is 16.2. The Morgan fingerprint density at radius 3 is 1.93 bits per heavy atom. The van der Waals surface area contributed by atoms with Gasteiger partial charge in [-0.15, -0.1) is 0 Å². The number of carbonyl (C=O) groups excluding carboxylic acids is 2. The molecule has 0 aliphatic rings. The minimum atomic E-state index is 0.0407. The van der Waals surface area contributed by atoms with E-state index in [9.17, 15) is 9.59 Å². The number of rotatable bonds is 16. The van der Waals surface area contributed by atoms with E-state index in [4.69, 9.17) is 0 Å². The molecule has 0 saturated heterocycles. The zero-order valence-corrected chi connectivity index (χ0v) is 17.5. The molecule has 3 nitrogen and oxygen atoms in total. The van der Waals surface area contributed by atoms with Crippen molar-refractivity contribution >= 4 is 11.7 Å². The molecule has 1 rings (SSSR count). The highest BCUT2D eigenvalue weighted by Gasteiger charge is 2.17. The number of nitrogens with zero attached hydrogens (tertiary/aromatic N) is 1. The van der Waals surface area contributed by atoms with Crippen molar-refractivity contribution in [2.75, 3.05) is 13.1 Å². The fourth-order valence-electron chi connectivity index (χ4n) is 3.30. The maximum absolute atomic E-state index is 12.6. The molecule has 0 N–H and O–H groups in total. The Balaban J connectivity index is 2.43. The summed E-state index contributed by atoms with van der Waals surface area (Å²) in [7, 11) is 0. The zero-order chi connectivity index (χ0) is 19.7. The summed E-state index contributed by atoms with van der Waals surface area (Å²) in [5.41, 5.74) is 0.694. The summed E-state index contributed by atoms with van der Waals surface area (Å²) in [5.74, 6) is 0.176. The van der Waals surface area contributed by atoms with Crippen LogP contribution >= 0.6 is 0 Å². The molecule has 152 valence electrons. The fourth-order valence-corrected chi connectivity index (χ4v) is 3.30. The summed E-state index contributed by atoms with van der Waals surface area (Å²) in [6.07, 6.45) is 13.6. The Kier molecular flexibility index (Phi) is 13.4. The minimum Gasteiger partial charge on any atom is -0.335 e. The standard InChI is InChI=1S/C24H39NO2/c1-3-5-7-8-9-10-11-16-20-25(24(27)19-13-6-4-2)21-23(26)22-17-14-12-15-18-22/h12,14-15,17-18H,3-11,13,16,19-21H2,1-2H3. The molecule has 0 radical (unpaired) electrons. The molecule has 0 saturated carbocycles. The average Bonchev–Trinajstić information content (AvgIpc) is 2.69. The normalized spacial score (nSPS) is 10.7. The van der Waals surface area contributed by atoms with Gasteiger partial charge < -0.3 is 4.90 Å². The molecule has 0 fully saturated rings. The molecule has 1 amide bonds. The molecule has 0 aliphatic heterocycles. The van der Waals surface area contributed by atoms with Gasteiger partial charge in [0.1, 0.15) is 0 Å². The van der Waals surface area contributed by atoms with Gasteiger partial charge in [0, 0.05) is 18.5 Å². The van der Waals surface area contributed by atoms with Crippen LogP contribution in [0.3, 0.4) is 0 Å². The second-order valence-electron chi connectivity index (χ2n) is 7.54. The first-order valence-corrected chi connectivity index (χ1v) is 11.0. The number of unbranched alkanes of at least 4 members (excludes halogenated alkanes) is 9. The van der Waals surface area contributed by atoms with E-state index in [1.54, 1.807) is 4.90 Å². The Morgan fingerprint density at radius 1 is 0.741 bits per heavy atom. The molecular weight excluding hydrogens is 334 g/mol. The number of hydrogen-bond donors (Lipinski definition) is 0. The van der Waals surface area contributed by atoms with E-state index in [0.29, 0.717) is 18.5 Å². The van der Waals surface area contributed by atoms with Crippen LogP contribution in [0.5, 0.6) is 0 Å². The fraction of sp³-hybridized carbons (Fsp3) is 0.667. The molecule has 0 heterocycles. The van der Waals surface area contributed by atoms with Crippen LogP contribution < -0.4 is 0 Å². The molecular formula is C24H39NO2. The second kappa shape index (κ2) is 15.4. The monoisotopic (exact) mass is 373 g/mol. The summed E-state index contributed by atoms with van der Waals surface area (Å²) >= 11 is 0. The van der Waals surface area contributed by atoms with Crippen LogP contribution in [0.1, 0.15) is 101 Å². The van der Waals surface area contributed by atoms with Crippen molar-refractivity contribution in [3.8, 4) is 0 Å². The molecule has 27 heavy (non-hydrogen) atoms. The lowest BCUT2D eigenvalue weighted by molar-refractivity contribution is -0.131. The van der Waals surface area contributed by atoms with Crippen LogP contribution in [-0.4, -0.2) is 29.7 Å². The van der Waals surface area contributed by atoms with E-state index >= 15 is 0 Å². The van der Waals surface area contributed by atoms with Gasteiger partial charge in [-0.05, 0) is 12.8 Å². The summed E-state index contributed by atoms with van der Waals surface area (Å²) in [5, 5.41) is 0. The van der Waals surface area contributed by atoms with Crippen molar-refractivity contribution in [1.29, 1.82) is 0 Å². The topological polar surface area (TPSA) is 37.4 Å². The van der Waals surface area contributed by atoms with Gasteiger partial charge in [-0.2, -0.15) is 0 Å². The van der Waals surface area contributed by atoms with Gasteiger partial charge in [0.05, 0.1) is 6.54 Å². The highest BCUT2D eigenvalue weighted by Crippen LogP contribution is 2.11. The third-order valence-electron chi connectivity index (χ3n) is 5.06. The lowest BCUT2D eigenvalue weighted by Gasteiger charge is -2.22. The van der Waals surface area contributed by atoms with Crippen LogP contribution in [0.15, 0.2) is 30.3 Å². The Morgan fingerprint density at radius 2 is 1.30 bits per heavy atom. The number of hydrogen-bond acceptors (Lipinski definition) is 2. The Labute approximate surface area is 166 Å². The number of ketones is 1. The van der Waals surface area contributed by atoms with Gasteiger partial charge >= 0.3 is 0 Å². The second-order valence-corrected chi connectivity index (χ2v) is 7.54. The molecule has 1 aromatic rings. The molecule has 0 atom stereocenters. The minimum absolute atomic E-state index is 0.0407. The van der Waals surface area contributed by atoms with Gasteiger partial charge in [0.2, 0.25) is 5.91 Å². The summed E-state index contributed by atoms with van der Waals surface area (Å²) in [6.45, 7) is 5.30. The predicted octanol–water partition coefficient (Wildman–Crippen LogP) is 6.42. The largest absolute Gasteiger partial charge is 0.335 e. The summed E-state index contributed by atoms with van der Waals surface area (Å²) < 4.78 is 0. The molecule has 1 aromatic carbocycles. The van der Waals surface area contributed by atoms with E-state index in [-0.39, 0.29) is 18.2 Å². The van der Waals surface area contributed by atoms with E-state index in [2.05, 4.69) is 13.8 Å². The van der Waals surface area contributed by atoms with E-state index < -0.39 is 0 Å². The third-order valence-corrected chi connectivity index (χ3v) is 5.06. The van der Waals surface area contributed by atoms with E-state index in [1.807, 2.05) is 30.3 Å². The van der Waals surface area contributed by atoms with E-state index in [1.165, 1.54) is 38.5 Å². The van der Waals surface area contributed by atoms with Crippen LogP contribution in [0, 0.1) is 0 Å². The quantitative estimate of drug-likeness (QED) is 0.248. The lowest BCUT2D eigenvalue weighted by Crippen LogP contribution is -2.36. The van der Waals surface area contributed by atoms with E-state index in [0.717, 1.165) is 32.1 Å². The van der Waals surface area contributed by atoms with Crippen molar-refractivity contribution in [2.24, 2.45) is 0 Å². The van der Waals surface area contributed by atoms with Crippen molar-refractivity contribution in [3.63, 3.8) is 0 Å². The van der Waals surface area contributed by atoms with Crippen molar-refractivity contribution < 1.29 is 9.59 Å². The molecule has 0 aromatic heterocycles.